The van der Waals surface area contributed by atoms with Crippen LogP contribution in [0.4, 0.5) is 5.69 Å². The number of hydrogen-bond acceptors (Lipinski definition) is 4. The Morgan fingerprint density at radius 2 is 1.39 bits per heavy atom. The van der Waals surface area contributed by atoms with Crippen LogP contribution in [-0.4, -0.2) is 13.0 Å². The number of aryl methyl sites for hydroxylation is 4. The van der Waals surface area contributed by atoms with Crippen LogP contribution in [0.25, 0.3) is 0 Å². The standard InChI is InChI=1S/C27H29NO3/c1-18-13-19(2)15-26(14-18)31-27(28-23-8-7-20(3)21(4)16-23)22(5)17-30-25-11-9-24(29-6)10-12-25/h7-17H,1-6H3/b22-17+,28-27?. The first-order valence-electron chi connectivity index (χ1n) is 10.2. The monoisotopic (exact) mass is 415 g/mol. The molecule has 31 heavy (non-hydrogen) atoms. The van der Waals surface area contributed by atoms with Gasteiger partial charge in [-0.3, -0.25) is 0 Å². The van der Waals surface area contributed by atoms with Gasteiger partial charge in [0.05, 0.1) is 19.1 Å². The molecule has 0 N–H and O–H groups in total. The minimum Gasteiger partial charge on any atom is -0.497 e. The summed E-state index contributed by atoms with van der Waals surface area (Å²) in [5.74, 6) is 2.72. The van der Waals surface area contributed by atoms with Crippen molar-refractivity contribution in [1.82, 2.24) is 0 Å². The van der Waals surface area contributed by atoms with Crippen LogP contribution in [-0.2, 0) is 0 Å². The molecule has 0 fully saturated rings. The van der Waals surface area contributed by atoms with Gasteiger partial charge < -0.3 is 14.2 Å². The molecule has 0 saturated carbocycles. The van der Waals surface area contributed by atoms with E-state index in [0.29, 0.717) is 11.6 Å². The fourth-order valence-corrected chi connectivity index (χ4v) is 3.07. The maximum atomic E-state index is 6.22. The zero-order valence-electron chi connectivity index (χ0n) is 19.0. The van der Waals surface area contributed by atoms with Crippen molar-refractivity contribution in [2.45, 2.75) is 34.6 Å². The summed E-state index contributed by atoms with van der Waals surface area (Å²) in [6, 6.07) is 19.6. The lowest BCUT2D eigenvalue weighted by Crippen LogP contribution is -2.11. The van der Waals surface area contributed by atoms with Crippen LogP contribution in [0.2, 0.25) is 0 Å². The highest BCUT2D eigenvalue weighted by atomic mass is 16.5. The molecule has 4 heteroatoms. The summed E-state index contributed by atoms with van der Waals surface area (Å²) in [5.41, 5.74) is 6.29. The molecular formula is C27H29NO3. The molecule has 3 aromatic rings. The molecule has 0 aliphatic rings. The zero-order valence-corrected chi connectivity index (χ0v) is 19.0. The smallest absolute Gasteiger partial charge is 0.225 e. The van der Waals surface area contributed by atoms with Gasteiger partial charge in [-0.25, -0.2) is 4.99 Å². The van der Waals surface area contributed by atoms with Crippen molar-refractivity contribution in [3.8, 4) is 17.2 Å². The number of hydrogen-bond donors (Lipinski definition) is 0. The molecule has 4 nitrogen and oxygen atoms in total. The summed E-state index contributed by atoms with van der Waals surface area (Å²) in [7, 11) is 1.64. The van der Waals surface area contributed by atoms with Gasteiger partial charge in [0.1, 0.15) is 17.2 Å². The van der Waals surface area contributed by atoms with Crippen LogP contribution in [0.1, 0.15) is 29.2 Å². The van der Waals surface area contributed by atoms with E-state index in [-0.39, 0.29) is 0 Å². The molecule has 0 unspecified atom stereocenters. The number of nitrogens with zero attached hydrogens (tertiary/aromatic N) is 1. The third-order valence-corrected chi connectivity index (χ3v) is 4.90. The highest BCUT2D eigenvalue weighted by Crippen LogP contribution is 2.23. The van der Waals surface area contributed by atoms with E-state index in [2.05, 4.69) is 45.9 Å². The van der Waals surface area contributed by atoms with Crippen LogP contribution in [0.5, 0.6) is 17.2 Å². The largest absolute Gasteiger partial charge is 0.497 e. The summed E-state index contributed by atoms with van der Waals surface area (Å²) in [6.45, 7) is 10.2. The summed E-state index contributed by atoms with van der Waals surface area (Å²) < 4.78 is 17.2. The Balaban J connectivity index is 1.92. The van der Waals surface area contributed by atoms with E-state index in [1.807, 2.05) is 49.4 Å². The van der Waals surface area contributed by atoms with Crippen LogP contribution in [0.3, 0.4) is 0 Å². The minimum absolute atomic E-state index is 0.488. The van der Waals surface area contributed by atoms with Crippen molar-refractivity contribution in [3.05, 3.63) is 94.8 Å². The third-order valence-electron chi connectivity index (χ3n) is 4.90. The number of methoxy groups -OCH3 is 1. The van der Waals surface area contributed by atoms with Gasteiger partial charge in [0.25, 0.3) is 0 Å². The van der Waals surface area contributed by atoms with Crippen molar-refractivity contribution < 1.29 is 14.2 Å². The van der Waals surface area contributed by atoms with E-state index in [1.165, 1.54) is 11.1 Å². The molecule has 0 aliphatic heterocycles. The Kier molecular flexibility index (Phi) is 7.14. The highest BCUT2D eigenvalue weighted by molar-refractivity contribution is 5.96. The van der Waals surface area contributed by atoms with Crippen LogP contribution < -0.4 is 14.2 Å². The number of ether oxygens (including phenoxy) is 3. The second kappa shape index (κ2) is 9.98. The lowest BCUT2D eigenvalue weighted by Gasteiger charge is -2.12. The first-order chi connectivity index (χ1) is 14.8. The van der Waals surface area contributed by atoms with Crippen molar-refractivity contribution in [2.75, 3.05) is 7.11 Å². The molecule has 0 heterocycles. The normalized spacial score (nSPS) is 11.9. The van der Waals surface area contributed by atoms with Crippen LogP contribution >= 0.6 is 0 Å². The zero-order chi connectivity index (χ0) is 22.4. The Morgan fingerprint density at radius 1 is 0.742 bits per heavy atom. The minimum atomic E-state index is 0.488. The van der Waals surface area contributed by atoms with Gasteiger partial charge >= 0.3 is 0 Å². The topological polar surface area (TPSA) is 40.0 Å². The van der Waals surface area contributed by atoms with Crippen LogP contribution in [0.15, 0.2) is 77.5 Å². The number of aliphatic imine (C=N–C) groups is 1. The van der Waals surface area contributed by atoms with Crippen molar-refractivity contribution >= 4 is 11.6 Å². The van der Waals surface area contributed by atoms with E-state index < -0.39 is 0 Å². The quantitative estimate of drug-likeness (QED) is 0.247. The average Bonchev–Trinajstić information content (AvgIpc) is 2.74. The Bertz CT molecular complexity index is 1090. The average molecular weight is 416 g/mol. The lowest BCUT2D eigenvalue weighted by atomic mass is 10.1. The maximum absolute atomic E-state index is 6.22. The lowest BCUT2D eigenvalue weighted by molar-refractivity contribution is 0.412. The maximum Gasteiger partial charge on any atom is 0.225 e. The second-order valence-electron chi connectivity index (χ2n) is 7.71. The Labute approximate surface area is 184 Å². The molecule has 3 rings (SSSR count). The first-order valence-corrected chi connectivity index (χ1v) is 10.2. The molecule has 0 aliphatic carbocycles. The number of benzene rings is 3. The molecule has 160 valence electrons. The predicted molar refractivity (Wildman–Crippen MR) is 127 cm³/mol. The molecular weight excluding hydrogens is 386 g/mol. The van der Waals surface area contributed by atoms with E-state index in [1.54, 1.807) is 13.4 Å². The van der Waals surface area contributed by atoms with Crippen molar-refractivity contribution in [1.29, 1.82) is 0 Å². The SMILES string of the molecule is COc1ccc(O/C=C(\C)C(=Nc2ccc(C)c(C)c2)Oc2cc(C)cc(C)c2)cc1. The van der Waals surface area contributed by atoms with Gasteiger partial charge in [-0.05, 0) is 105 Å². The fourth-order valence-electron chi connectivity index (χ4n) is 3.07. The third kappa shape index (κ3) is 6.22. The predicted octanol–water partition coefficient (Wildman–Crippen LogP) is 7.02. The summed E-state index contributed by atoms with van der Waals surface area (Å²) in [5, 5.41) is 0. The Hall–Kier alpha value is -3.53. The van der Waals surface area contributed by atoms with Gasteiger partial charge in [-0.2, -0.15) is 0 Å². The number of rotatable bonds is 6. The van der Waals surface area contributed by atoms with Gasteiger partial charge in [-0.15, -0.1) is 0 Å². The molecule has 0 atom stereocenters. The van der Waals surface area contributed by atoms with E-state index in [9.17, 15) is 0 Å². The molecule has 0 amide bonds. The summed E-state index contributed by atoms with van der Waals surface area (Å²) >= 11 is 0. The Morgan fingerprint density at radius 3 is 2.00 bits per heavy atom. The van der Waals surface area contributed by atoms with E-state index in [4.69, 9.17) is 19.2 Å². The van der Waals surface area contributed by atoms with E-state index in [0.717, 1.165) is 33.9 Å². The second-order valence-corrected chi connectivity index (χ2v) is 7.71. The van der Waals surface area contributed by atoms with Gasteiger partial charge in [-0.1, -0.05) is 12.1 Å². The molecule has 0 radical (unpaired) electrons. The first kappa shape index (κ1) is 22.2. The molecule has 0 spiro atoms. The molecule has 0 saturated heterocycles. The fraction of sp³-hybridized carbons (Fsp3) is 0.222. The highest BCUT2D eigenvalue weighted by Gasteiger charge is 2.09. The van der Waals surface area contributed by atoms with Crippen molar-refractivity contribution in [2.24, 2.45) is 4.99 Å². The molecule has 0 bridgehead atoms. The molecule has 0 aromatic heterocycles. The van der Waals surface area contributed by atoms with E-state index >= 15 is 0 Å². The summed E-state index contributed by atoms with van der Waals surface area (Å²) in [4.78, 5) is 4.78. The van der Waals surface area contributed by atoms with Crippen molar-refractivity contribution in [3.63, 3.8) is 0 Å². The molecule has 3 aromatic carbocycles. The van der Waals surface area contributed by atoms with Gasteiger partial charge in [0.2, 0.25) is 5.90 Å². The van der Waals surface area contributed by atoms with Gasteiger partial charge in [0.15, 0.2) is 0 Å². The van der Waals surface area contributed by atoms with Gasteiger partial charge in [0, 0.05) is 5.57 Å². The summed E-state index contributed by atoms with van der Waals surface area (Å²) in [6.07, 6.45) is 1.66. The van der Waals surface area contributed by atoms with Crippen LogP contribution in [0, 0.1) is 27.7 Å².